The first-order valence-electron chi connectivity index (χ1n) is 4.88. The molecule has 6 heteroatoms. The van der Waals surface area contributed by atoms with E-state index in [0.717, 1.165) is 6.42 Å². The number of amides is 2. The molecule has 0 aromatic carbocycles. The van der Waals surface area contributed by atoms with Gasteiger partial charge >= 0.3 is 12.0 Å². The van der Waals surface area contributed by atoms with Gasteiger partial charge in [-0.25, -0.2) is 9.59 Å². The van der Waals surface area contributed by atoms with E-state index in [1.165, 1.54) is 4.90 Å². The number of aliphatic carboxylic acids is 1. The average molecular weight is 218 g/mol. The lowest BCUT2D eigenvalue weighted by Gasteiger charge is -2.20. The third-order valence-corrected chi connectivity index (χ3v) is 1.92. The van der Waals surface area contributed by atoms with Crippen LogP contribution in [0.2, 0.25) is 0 Å². The van der Waals surface area contributed by atoms with E-state index in [1.807, 2.05) is 6.92 Å². The highest BCUT2D eigenvalue weighted by Gasteiger charge is 2.20. The van der Waals surface area contributed by atoms with E-state index in [-0.39, 0.29) is 13.0 Å². The predicted molar refractivity (Wildman–Crippen MR) is 54.6 cm³/mol. The van der Waals surface area contributed by atoms with Gasteiger partial charge in [0.2, 0.25) is 0 Å². The molecule has 0 saturated carbocycles. The molecule has 0 bridgehead atoms. The molecule has 0 aromatic heterocycles. The molecule has 0 radical (unpaired) electrons. The molecule has 0 aliphatic carbocycles. The number of hydrogen-bond donors (Lipinski definition) is 3. The van der Waals surface area contributed by atoms with Gasteiger partial charge in [-0.3, -0.25) is 0 Å². The summed E-state index contributed by atoms with van der Waals surface area (Å²) in [6.45, 7) is 2.22. The molecular weight excluding hydrogens is 200 g/mol. The zero-order chi connectivity index (χ0) is 11.8. The van der Waals surface area contributed by atoms with Crippen molar-refractivity contribution in [1.82, 2.24) is 10.2 Å². The second-order valence-corrected chi connectivity index (χ2v) is 3.27. The number of carboxylic acids is 1. The summed E-state index contributed by atoms with van der Waals surface area (Å²) in [4.78, 5) is 23.5. The van der Waals surface area contributed by atoms with Crippen molar-refractivity contribution in [2.45, 2.75) is 25.8 Å². The maximum absolute atomic E-state index is 11.4. The molecular formula is C9H18N2O4. The largest absolute Gasteiger partial charge is 0.480 e. The van der Waals surface area contributed by atoms with Gasteiger partial charge in [0.25, 0.3) is 0 Å². The lowest BCUT2D eigenvalue weighted by molar-refractivity contribution is -0.139. The van der Waals surface area contributed by atoms with Gasteiger partial charge < -0.3 is 20.4 Å². The Morgan fingerprint density at radius 2 is 2.07 bits per heavy atom. The van der Waals surface area contributed by atoms with Crippen molar-refractivity contribution < 1.29 is 19.8 Å². The van der Waals surface area contributed by atoms with Gasteiger partial charge in [-0.1, -0.05) is 6.92 Å². The summed E-state index contributed by atoms with van der Waals surface area (Å²) in [7, 11) is 1.59. The normalized spacial score (nSPS) is 11.9. The molecule has 1 atom stereocenters. The third-order valence-electron chi connectivity index (χ3n) is 1.92. The van der Waals surface area contributed by atoms with Crippen LogP contribution in [0.5, 0.6) is 0 Å². The minimum atomic E-state index is -1.14. The van der Waals surface area contributed by atoms with E-state index in [2.05, 4.69) is 5.32 Å². The lowest BCUT2D eigenvalue weighted by atomic mass is 10.2. The number of carbonyl (C=O) groups excluding carboxylic acids is 1. The van der Waals surface area contributed by atoms with Crippen molar-refractivity contribution in [3.63, 3.8) is 0 Å². The Morgan fingerprint density at radius 1 is 1.47 bits per heavy atom. The van der Waals surface area contributed by atoms with Gasteiger partial charge in [-0.15, -0.1) is 0 Å². The SMILES string of the molecule is CCCN(C)C(=O)NC(CCO)C(=O)O. The number of urea groups is 1. The number of carboxylic acid groups (broad SMARTS) is 1. The summed E-state index contributed by atoms with van der Waals surface area (Å²) in [6.07, 6.45) is 0.822. The Balaban J connectivity index is 4.15. The van der Waals surface area contributed by atoms with Gasteiger partial charge in [0, 0.05) is 26.6 Å². The smallest absolute Gasteiger partial charge is 0.326 e. The first kappa shape index (κ1) is 13.7. The molecule has 88 valence electrons. The Bertz CT molecular complexity index is 220. The zero-order valence-corrected chi connectivity index (χ0v) is 9.06. The van der Waals surface area contributed by atoms with Crippen LogP contribution < -0.4 is 5.32 Å². The number of hydrogen-bond acceptors (Lipinski definition) is 3. The molecule has 6 nitrogen and oxygen atoms in total. The molecule has 1 unspecified atom stereocenters. The summed E-state index contributed by atoms with van der Waals surface area (Å²) in [5.41, 5.74) is 0. The molecule has 0 fully saturated rings. The number of rotatable bonds is 6. The quantitative estimate of drug-likeness (QED) is 0.579. The highest BCUT2D eigenvalue weighted by molar-refractivity contribution is 5.82. The Morgan fingerprint density at radius 3 is 2.47 bits per heavy atom. The first-order chi connectivity index (χ1) is 7.02. The maximum Gasteiger partial charge on any atom is 0.326 e. The first-order valence-corrected chi connectivity index (χ1v) is 4.88. The van der Waals surface area contributed by atoms with E-state index in [4.69, 9.17) is 10.2 Å². The van der Waals surface area contributed by atoms with Crippen LogP contribution in [0.4, 0.5) is 4.79 Å². The number of nitrogens with one attached hydrogen (secondary N) is 1. The van der Waals surface area contributed by atoms with Crippen LogP contribution in [0.25, 0.3) is 0 Å². The topological polar surface area (TPSA) is 89.9 Å². The molecule has 0 saturated heterocycles. The fraction of sp³-hybridized carbons (Fsp3) is 0.778. The molecule has 0 heterocycles. The fourth-order valence-corrected chi connectivity index (χ4v) is 1.08. The van der Waals surface area contributed by atoms with Crippen LogP contribution in [0.3, 0.4) is 0 Å². The lowest BCUT2D eigenvalue weighted by Crippen LogP contribution is -2.47. The van der Waals surface area contributed by atoms with Crippen molar-refractivity contribution in [2.75, 3.05) is 20.2 Å². The second-order valence-electron chi connectivity index (χ2n) is 3.27. The molecule has 0 aliphatic rings. The summed E-state index contributed by atoms with van der Waals surface area (Å²) in [5.74, 6) is -1.14. The summed E-state index contributed by atoms with van der Waals surface area (Å²) in [6, 6.07) is -1.46. The number of carbonyl (C=O) groups is 2. The van der Waals surface area contributed by atoms with E-state index in [9.17, 15) is 9.59 Å². The summed E-state index contributed by atoms with van der Waals surface area (Å²) >= 11 is 0. The average Bonchev–Trinajstić information content (AvgIpc) is 2.17. The number of aliphatic hydroxyl groups is 1. The fourth-order valence-electron chi connectivity index (χ4n) is 1.08. The van der Waals surface area contributed by atoms with Crippen molar-refractivity contribution in [3.05, 3.63) is 0 Å². The van der Waals surface area contributed by atoms with Gasteiger partial charge in [-0.2, -0.15) is 0 Å². The maximum atomic E-state index is 11.4. The molecule has 3 N–H and O–H groups in total. The summed E-state index contributed by atoms with van der Waals surface area (Å²) in [5, 5.41) is 19.7. The zero-order valence-electron chi connectivity index (χ0n) is 9.06. The number of aliphatic hydroxyl groups excluding tert-OH is 1. The van der Waals surface area contributed by atoms with Crippen molar-refractivity contribution >= 4 is 12.0 Å². The van der Waals surface area contributed by atoms with Crippen LogP contribution in [0, 0.1) is 0 Å². The highest BCUT2D eigenvalue weighted by Crippen LogP contribution is 1.94. The van der Waals surface area contributed by atoms with Crippen molar-refractivity contribution in [2.24, 2.45) is 0 Å². The van der Waals surface area contributed by atoms with Crippen LogP contribution in [0.15, 0.2) is 0 Å². The van der Waals surface area contributed by atoms with E-state index >= 15 is 0 Å². The van der Waals surface area contributed by atoms with Crippen molar-refractivity contribution in [1.29, 1.82) is 0 Å². The van der Waals surface area contributed by atoms with Crippen molar-refractivity contribution in [3.8, 4) is 0 Å². The second kappa shape index (κ2) is 7.05. The van der Waals surface area contributed by atoms with E-state index < -0.39 is 18.0 Å². The molecule has 15 heavy (non-hydrogen) atoms. The van der Waals surface area contributed by atoms with Gasteiger partial charge in [0.15, 0.2) is 0 Å². The molecule has 0 rings (SSSR count). The van der Waals surface area contributed by atoms with Gasteiger partial charge in [0.05, 0.1) is 0 Å². The van der Waals surface area contributed by atoms with Gasteiger partial charge in [-0.05, 0) is 6.42 Å². The molecule has 0 spiro atoms. The summed E-state index contributed by atoms with van der Waals surface area (Å²) < 4.78 is 0. The van der Waals surface area contributed by atoms with E-state index in [0.29, 0.717) is 6.54 Å². The standard InChI is InChI=1S/C9H18N2O4/c1-3-5-11(2)9(15)10-7(4-6-12)8(13)14/h7,12H,3-6H2,1-2H3,(H,10,15)(H,13,14). The molecule has 2 amide bonds. The van der Waals surface area contributed by atoms with Gasteiger partial charge in [0.1, 0.15) is 6.04 Å². The Hall–Kier alpha value is -1.30. The minimum Gasteiger partial charge on any atom is -0.480 e. The highest BCUT2D eigenvalue weighted by atomic mass is 16.4. The monoisotopic (exact) mass is 218 g/mol. The predicted octanol–water partition coefficient (Wildman–Crippen LogP) is -0.127. The number of nitrogens with zero attached hydrogens (tertiary/aromatic N) is 1. The molecule has 0 aromatic rings. The minimum absolute atomic E-state index is 0.0149. The Labute approximate surface area is 88.9 Å². The van der Waals surface area contributed by atoms with Crippen LogP contribution in [-0.2, 0) is 4.79 Å². The molecule has 0 aliphatic heterocycles. The third kappa shape index (κ3) is 5.21. The van der Waals surface area contributed by atoms with E-state index in [1.54, 1.807) is 7.05 Å². The van der Waals surface area contributed by atoms with Crippen LogP contribution in [-0.4, -0.2) is 53.4 Å². The Kier molecular flexibility index (Phi) is 6.44. The van der Waals surface area contributed by atoms with Crippen LogP contribution in [0.1, 0.15) is 19.8 Å². The van der Waals surface area contributed by atoms with Crippen LogP contribution >= 0.6 is 0 Å².